The van der Waals surface area contributed by atoms with E-state index in [-0.39, 0.29) is 17.0 Å². The number of pyridine rings is 1. The molecule has 3 rings (SSSR count). The number of benzene rings is 2. The molecule has 0 aliphatic rings. The molecule has 19 heavy (non-hydrogen) atoms. The van der Waals surface area contributed by atoms with Gasteiger partial charge in [-0.05, 0) is 18.6 Å². The Labute approximate surface area is 131 Å². The van der Waals surface area contributed by atoms with Crippen LogP contribution in [0, 0.1) is 6.92 Å². The number of aromatic nitrogens is 1. The summed E-state index contributed by atoms with van der Waals surface area (Å²) in [5.41, 5.74) is 3.67. The number of aryl methyl sites for hydroxylation is 1. The summed E-state index contributed by atoms with van der Waals surface area (Å²) >= 11 is 3.67. The minimum Gasteiger partial charge on any atom is -1.00 e. The molecular formula is C16H13Br2N. The lowest BCUT2D eigenvalue weighted by molar-refractivity contribution is -0.579. The summed E-state index contributed by atoms with van der Waals surface area (Å²) in [6.45, 7) is 2.14. The predicted molar refractivity (Wildman–Crippen MR) is 77.9 cm³/mol. The van der Waals surface area contributed by atoms with Crippen molar-refractivity contribution in [2.45, 2.75) is 6.92 Å². The molecule has 0 amide bonds. The van der Waals surface area contributed by atoms with Crippen LogP contribution in [0.3, 0.4) is 0 Å². The van der Waals surface area contributed by atoms with Crippen LogP contribution >= 0.6 is 15.9 Å². The summed E-state index contributed by atoms with van der Waals surface area (Å²) in [5.74, 6) is 0. The highest BCUT2D eigenvalue weighted by molar-refractivity contribution is 9.10. The first-order chi connectivity index (χ1) is 8.77. The van der Waals surface area contributed by atoms with E-state index >= 15 is 0 Å². The fourth-order valence-electron chi connectivity index (χ4n) is 2.28. The van der Waals surface area contributed by atoms with Crippen molar-refractivity contribution >= 4 is 26.8 Å². The Hall–Kier alpha value is -1.19. The van der Waals surface area contributed by atoms with Gasteiger partial charge in [0.2, 0.25) is 11.2 Å². The first-order valence-corrected chi connectivity index (χ1v) is 6.72. The Kier molecular flexibility index (Phi) is 4.38. The molecule has 0 aliphatic heterocycles. The molecule has 0 bridgehead atoms. The third-order valence-corrected chi connectivity index (χ3v) is 3.72. The van der Waals surface area contributed by atoms with Crippen molar-refractivity contribution < 1.29 is 21.5 Å². The van der Waals surface area contributed by atoms with Crippen LogP contribution in [0.4, 0.5) is 0 Å². The largest absolute Gasteiger partial charge is 1.00 e. The van der Waals surface area contributed by atoms with E-state index in [2.05, 4.69) is 82.0 Å². The summed E-state index contributed by atoms with van der Waals surface area (Å²) < 4.78 is 3.30. The number of hydrogen-bond donors (Lipinski definition) is 0. The van der Waals surface area contributed by atoms with Gasteiger partial charge < -0.3 is 17.0 Å². The van der Waals surface area contributed by atoms with E-state index in [1.807, 2.05) is 6.07 Å². The molecule has 0 N–H and O–H groups in total. The zero-order valence-electron chi connectivity index (χ0n) is 10.5. The van der Waals surface area contributed by atoms with Gasteiger partial charge in [0.25, 0.3) is 4.60 Å². The highest BCUT2D eigenvalue weighted by atomic mass is 79.9. The third-order valence-electron chi connectivity index (χ3n) is 3.13. The van der Waals surface area contributed by atoms with Crippen molar-refractivity contribution in [3.05, 3.63) is 70.8 Å². The summed E-state index contributed by atoms with van der Waals surface area (Å²) in [6, 6.07) is 21.0. The number of hydrogen-bond acceptors (Lipinski definition) is 0. The first kappa shape index (κ1) is 14.2. The molecule has 3 aromatic rings. The summed E-state index contributed by atoms with van der Waals surface area (Å²) in [6.07, 6.45) is 0. The zero-order valence-corrected chi connectivity index (χ0v) is 13.6. The first-order valence-electron chi connectivity index (χ1n) is 5.93. The Balaban J connectivity index is 0.00000133. The predicted octanol–water partition coefficient (Wildman–Crippen LogP) is 1.19. The van der Waals surface area contributed by atoms with Gasteiger partial charge in [-0.15, -0.1) is 4.57 Å². The molecule has 0 atom stereocenters. The Morgan fingerprint density at radius 2 is 1.53 bits per heavy atom. The highest BCUT2D eigenvalue weighted by Gasteiger charge is 2.17. The number of rotatable bonds is 1. The minimum absolute atomic E-state index is 0. The van der Waals surface area contributed by atoms with Crippen molar-refractivity contribution in [3.63, 3.8) is 0 Å². The minimum atomic E-state index is 0. The van der Waals surface area contributed by atoms with E-state index in [1.165, 1.54) is 22.2 Å². The van der Waals surface area contributed by atoms with Gasteiger partial charge in [-0.3, -0.25) is 0 Å². The fraction of sp³-hybridized carbons (Fsp3) is 0.0625. The average Bonchev–Trinajstić information content (AvgIpc) is 2.40. The monoisotopic (exact) mass is 377 g/mol. The molecule has 0 fully saturated rings. The van der Waals surface area contributed by atoms with Crippen molar-refractivity contribution in [3.8, 4) is 5.69 Å². The summed E-state index contributed by atoms with van der Waals surface area (Å²) in [5, 5.41) is 1.28. The van der Waals surface area contributed by atoms with Crippen molar-refractivity contribution in [1.29, 1.82) is 0 Å². The molecular weight excluding hydrogens is 366 g/mol. The quantitative estimate of drug-likeness (QED) is 0.442. The van der Waals surface area contributed by atoms with Crippen LogP contribution in [0.15, 0.2) is 65.3 Å². The van der Waals surface area contributed by atoms with Gasteiger partial charge in [0.1, 0.15) is 0 Å². The van der Waals surface area contributed by atoms with Crippen LogP contribution < -0.4 is 21.5 Å². The lowest BCUT2D eigenvalue weighted by Gasteiger charge is -2.05. The molecule has 96 valence electrons. The molecule has 0 unspecified atom stereocenters. The zero-order chi connectivity index (χ0) is 12.5. The molecule has 0 saturated heterocycles. The molecule has 0 aliphatic carbocycles. The molecule has 1 aromatic heterocycles. The van der Waals surface area contributed by atoms with Gasteiger partial charge in [-0.2, -0.15) is 0 Å². The van der Waals surface area contributed by atoms with Crippen molar-refractivity contribution in [1.82, 2.24) is 0 Å². The fourth-order valence-corrected chi connectivity index (χ4v) is 3.02. The van der Waals surface area contributed by atoms with E-state index in [9.17, 15) is 0 Å². The van der Waals surface area contributed by atoms with Gasteiger partial charge in [-0.25, -0.2) is 0 Å². The molecule has 0 radical (unpaired) electrons. The van der Waals surface area contributed by atoms with Crippen LogP contribution in [-0.4, -0.2) is 0 Å². The normalized spacial score (nSPS) is 10.2. The molecule has 2 aromatic carbocycles. The number of para-hydroxylation sites is 2. The number of halogens is 2. The topological polar surface area (TPSA) is 3.88 Å². The lowest BCUT2D eigenvalue weighted by atomic mass is 10.1. The van der Waals surface area contributed by atoms with Crippen LogP contribution in [0.2, 0.25) is 0 Å². The van der Waals surface area contributed by atoms with Gasteiger partial charge in [0.15, 0.2) is 0 Å². The van der Waals surface area contributed by atoms with Gasteiger partial charge in [0, 0.05) is 45.6 Å². The van der Waals surface area contributed by atoms with E-state index in [1.54, 1.807) is 0 Å². The Morgan fingerprint density at radius 3 is 2.26 bits per heavy atom. The SMILES string of the molecule is Cc1cc(Br)[n+](-c2ccccc2)c2ccccc12.[Br-]. The smallest absolute Gasteiger partial charge is 0.254 e. The second kappa shape index (κ2) is 5.85. The number of fused-ring (bicyclic) bond motifs is 1. The molecule has 1 heterocycles. The summed E-state index contributed by atoms with van der Waals surface area (Å²) in [4.78, 5) is 0. The maximum Gasteiger partial charge on any atom is 0.254 e. The molecule has 0 saturated carbocycles. The standard InChI is InChI=1S/C16H13BrN.BrH/c1-12-11-16(17)18(13-7-3-2-4-8-13)15-10-6-5-9-14(12)15;/h2-11H,1H3;1H/q+1;/p-1. The van der Waals surface area contributed by atoms with Crippen LogP contribution in [0.1, 0.15) is 5.56 Å². The van der Waals surface area contributed by atoms with E-state index in [4.69, 9.17) is 0 Å². The van der Waals surface area contributed by atoms with Crippen LogP contribution in [0.25, 0.3) is 16.6 Å². The van der Waals surface area contributed by atoms with E-state index < -0.39 is 0 Å². The maximum atomic E-state index is 3.67. The second-order valence-corrected chi connectivity index (χ2v) is 5.15. The van der Waals surface area contributed by atoms with Crippen molar-refractivity contribution in [2.75, 3.05) is 0 Å². The summed E-state index contributed by atoms with van der Waals surface area (Å²) in [7, 11) is 0. The Morgan fingerprint density at radius 1 is 0.895 bits per heavy atom. The lowest BCUT2D eigenvalue weighted by Crippen LogP contribution is -3.00. The highest BCUT2D eigenvalue weighted by Crippen LogP contribution is 2.20. The van der Waals surface area contributed by atoms with Crippen LogP contribution in [-0.2, 0) is 0 Å². The van der Waals surface area contributed by atoms with Gasteiger partial charge in [-0.1, -0.05) is 30.3 Å². The molecule has 1 nitrogen and oxygen atoms in total. The van der Waals surface area contributed by atoms with Gasteiger partial charge >= 0.3 is 0 Å². The van der Waals surface area contributed by atoms with Gasteiger partial charge in [0.05, 0.1) is 0 Å². The number of nitrogens with zero attached hydrogens (tertiary/aromatic N) is 1. The third kappa shape index (κ3) is 2.58. The second-order valence-electron chi connectivity index (χ2n) is 4.34. The van der Waals surface area contributed by atoms with E-state index in [0.717, 1.165) is 4.60 Å². The average molecular weight is 379 g/mol. The molecule has 0 spiro atoms. The van der Waals surface area contributed by atoms with E-state index in [0.29, 0.717) is 0 Å². The Bertz CT molecular complexity index is 709. The molecule has 3 heteroatoms. The van der Waals surface area contributed by atoms with Crippen molar-refractivity contribution in [2.24, 2.45) is 0 Å². The van der Waals surface area contributed by atoms with Crippen LogP contribution in [0.5, 0.6) is 0 Å². The maximum absolute atomic E-state index is 3.67.